The van der Waals surface area contributed by atoms with Crippen LogP contribution in [0.4, 0.5) is 5.82 Å². The first-order valence-corrected chi connectivity index (χ1v) is 5.42. The average molecular weight is 229 g/mol. The van der Waals surface area contributed by atoms with Crippen molar-refractivity contribution in [3.63, 3.8) is 0 Å². The summed E-state index contributed by atoms with van der Waals surface area (Å²) in [6.45, 7) is 2.15. The summed E-state index contributed by atoms with van der Waals surface area (Å²) in [6, 6.07) is 5.75. The van der Waals surface area contributed by atoms with Crippen LogP contribution in [0.15, 0.2) is 30.1 Å². The number of hydrogen-bond donors (Lipinski definition) is 1. The molecule has 0 spiro atoms. The molecule has 17 heavy (non-hydrogen) atoms. The Labute approximate surface area is 97.7 Å². The Morgan fingerprint density at radius 1 is 1.53 bits per heavy atom. The lowest BCUT2D eigenvalue weighted by Gasteiger charge is -2.16. The molecule has 5 nitrogen and oxygen atoms in total. The molecule has 86 valence electrons. The minimum atomic E-state index is -0.350. The van der Waals surface area contributed by atoms with Crippen LogP contribution in [0, 0.1) is 0 Å². The highest BCUT2D eigenvalue weighted by Gasteiger charge is 2.18. The van der Waals surface area contributed by atoms with Crippen LogP contribution in [0.5, 0.6) is 0 Å². The van der Waals surface area contributed by atoms with E-state index in [1.54, 1.807) is 19.2 Å². The van der Waals surface area contributed by atoms with Gasteiger partial charge in [-0.2, -0.15) is 0 Å². The van der Waals surface area contributed by atoms with Gasteiger partial charge in [0.15, 0.2) is 0 Å². The molecule has 3 heterocycles. The molecule has 0 aromatic carbocycles. The molecule has 3 rings (SSSR count). The Morgan fingerprint density at radius 2 is 2.41 bits per heavy atom. The van der Waals surface area contributed by atoms with Crippen molar-refractivity contribution in [2.24, 2.45) is 0 Å². The summed E-state index contributed by atoms with van der Waals surface area (Å²) in [6.07, 6.45) is 3.46. The van der Waals surface area contributed by atoms with E-state index in [0.29, 0.717) is 12.3 Å². The van der Waals surface area contributed by atoms with E-state index in [4.69, 9.17) is 4.74 Å². The first-order chi connectivity index (χ1) is 8.29. The second kappa shape index (κ2) is 3.62. The van der Waals surface area contributed by atoms with Crippen LogP contribution in [0.3, 0.4) is 0 Å². The highest BCUT2D eigenvalue weighted by molar-refractivity contribution is 5.97. The molecular weight excluding hydrogens is 218 g/mol. The lowest BCUT2D eigenvalue weighted by atomic mass is 10.2. The van der Waals surface area contributed by atoms with E-state index in [2.05, 4.69) is 10.3 Å². The predicted octanol–water partition coefficient (Wildman–Crippen LogP) is 1.66. The number of esters is 1. The van der Waals surface area contributed by atoms with Gasteiger partial charge in [-0.15, -0.1) is 0 Å². The Hall–Kier alpha value is -2.30. The van der Waals surface area contributed by atoms with Gasteiger partial charge in [0.1, 0.15) is 17.2 Å². The van der Waals surface area contributed by atoms with Crippen molar-refractivity contribution in [2.75, 3.05) is 11.9 Å². The quantitative estimate of drug-likeness (QED) is 0.796. The lowest BCUT2D eigenvalue weighted by molar-refractivity contribution is -0.138. The molecule has 1 aliphatic heterocycles. The summed E-state index contributed by atoms with van der Waals surface area (Å²) in [5.41, 5.74) is 2.20. The second-order valence-electron chi connectivity index (χ2n) is 3.69. The number of anilines is 1. The smallest absolute Gasteiger partial charge is 0.354 e. The van der Waals surface area contributed by atoms with Crippen molar-refractivity contribution in [3.05, 3.63) is 35.8 Å². The summed E-state index contributed by atoms with van der Waals surface area (Å²) in [5.74, 6) is 0.429. The number of imidazole rings is 1. The SMILES string of the molecule is CCOC(=O)C1=Cc2cccc3ncc(n23)N1. The minimum Gasteiger partial charge on any atom is -0.461 e. The number of rotatable bonds is 2. The van der Waals surface area contributed by atoms with Crippen LogP contribution in [-0.4, -0.2) is 22.0 Å². The van der Waals surface area contributed by atoms with Crippen molar-refractivity contribution in [1.29, 1.82) is 0 Å². The number of nitrogens with zero attached hydrogens (tertiary/aromatic N) is 2. The molecule has 0 bridgehead atoms. The predicted molar refractivity (Wildman–Crippen MR) is 63.4 cm³/mol. The molecule has 0 saturated heterocycles. The standard InChI is InChI=1S/C12H11N3O2/c1-2-17-12(16)9-6-8-4-3-5-10-13-7-11(14-9)15(8)10/h3-7,14H,2H2,1H3. The average Bonchev–Trinajstić information content (AvgIpc) is 2.75. The third kappa shape index (κ3) is 1.47. The van der Waals surface area contributed by atoms with Crippen LogP contribution >= 0.6 is 0 Å². The summed E-state index contributed by atoms with van der Waals surface area (Å²) < 4.78 is 6.92. The fourth-order valence-corrected chi connectivity index (χ4v) is 1.90. The summed E-state index contributed by atoms with van der Waals surface area (Å²) in [4.78, 5) is 15.9. The summed E-state index contributed by atoms with van der Waals surface area (Å²) >= 11 is 0. The first kappa shape index (κ1) is 9.89. The van der Waals surface area contributed by atoms with Crippen molar-refractivity contribution in [1.82, 2.24) is 9.38 Å². The van der Waals surface area contributed by atoms with Gasteiger partial charge in [0.25, 0.3) is 0 Å². The molecule has 0 saturated carbocycles. The molecule has 0 aliphatic carbocycles. The normalized spacial score (nSPS) is 13.1. The number of nitrogens with one attached hydrogen (secondary N) is 1. The topological polar surface area (TPSA) is 55.6 Å². The first-order valence-electron chi connectivity index (χ1n) is 5.42. The molecule has 0 fully saturated rings. The molecule has 0 unspecified atom stereocenters. The van der Waals surface area contributed by atoms with Crippen LogP contribution < -0.4 is 5.32 Å². The highest BCUT2D eigenvalue weighted by Crippen LogP contribution is 2.23. The third-order valence-corrected chi connectivity index (χ3v) is 2.61. The van der Waals surface area contributed by atoms with Crippen molar-refractivity contribution >= 4 is 23.5 Å². The number of ether oxygens (including phenoxy) is 1. The number of carbonyl (C=O) groups is 1. The van der Waals surface area contributed by atoms with Gasteiger partial charge in [-0.25, -0.2) is 9.78 Å². The lowest BCUT2D eigenvalue weighted by Crippen LogP contribution is -2.18. The Balaban J connectivity index is 2.10. The minimum absolute atomic E-state index is 0.350. The number of hydrogen-bond acceptors (Lipinski definition) is 4. The number of carbonyl (C=O) groups excluding carboxylic acids is 1. The summed E-state index contributed by atoms with van der Waals surface area (Å²) in [7, 11) is 0. The van der Waals surface area contributed by atoms with Gasteiger partial charge in [0.05, 0.1) is 18.5 Å². The van der Waals surface area contributed by atoms with Crippen LogP contribution in [0.25, 0.3) is 11.7 Å². The van der Waals surface area contributed by atoms with Crippen molar-refractivity contribution in [2.45, 2.75) is 6.92 Å². The van der Waals surface area contributed by atoms with Crippen LogP contribution in [-0.2, 0) is 9.53 Å². The summed E-state index contributed by atoms with van der Waals surface area (Å²) in [5, 5.41) is 3.01. The fraction of sp³-hybridized carbons (Fsp3) is 0.167. The Morgan fingerprint density at radius 3 is 3.24 bits per heavy atom. The Bertz CT molecular complexity index is 628. The van der Waals surface area contributed by atoms with E-state index in [9.17, 15) is 4.79 Å². The van der Waals surface area contributed by atoms with E-state index in [0.717, 1.165) is 17.2 Å². The zero-order valence-corrected chi connectivity index (χ0v) is 9.30. The second-order valence-corrected chi connectivity index (χ2v) is 3.69. The largest absolute Gasteiger partial charge is 0.461 e. The molecular formula is C12H11N3O2. The van der Waals surface area contributed by atoms with Gasteiger partial charge in [-0.1, -0.05) is 6.07 Å². The molecule has 1 N–H and O–H groups in total. The monoisotopic (exact) mass is 229 g/mol. The molecule has 2 aromatic rings. The van der Waals surface area contributed by atoms with Crippen molar-refractivity contribution < 1.29 is 9.53 Å². The molecule has 0 atom stereocenters. The van der Waals surface area contributed by atoms with Crippen molar-refractivity contribution in [3.8, 4) is 0 Å². The maximum absolute atomic E-state index is 11.7. The zero-order valence-electron chi connectivity index (χ0n) is 9.30. The maximum atomic E-state index is 11.7. The maximum Gasteiger partial charge on any atom is 0.354 e. The zero-order chi connectivity index (χ0) is 11.8. The molecule has 5 heteroatoms. The number of aromatic nitrogens is 2. The number of pyridine rings is 1. The highest BCUT2D eigenvalue weighted by atomic mass is 16.5. The van der Waals surface area contributed by atoms with E-state index in [1.807, 2.05) is 22.6 Å². The molecule has 0 radical (unpaired) electrons. The van der Waals surface area contributed by atoms with Crippen LogP contribution in [0.2, 0.25) is 0 Å². The molecule has 2 aromatic heterocycles. The van der Waals surface area contributed by atoms with Gasteiger partial charge in [0.2, 0.25) is 0 Å². The fourth-order valence-electron chi connectivity index (χ4n) is 1.90. The van der Waals surface area contributed by atoms with Gasteiger partial charge >= 0.3 is 5.97 Å². The van der Waals surface area contributed by atoms with Gasteiger partial charge in [-0.05, 0) is 25.1 Å². The third-order valence-electron chi connectivity index (χ3n) is 2.61. The van der Waals surface area contributed by atoms with Gasteiger partial charge < -0.3 is 10.1 Å². The van der Waals surface area contributed by atoms with Crippen LogP contribution in [0.1, 0.15) is 12.6 Å². The molecule has 0 amide bonds. The van der Waals surface area contributed by atoms with Gasteiger partial charge in [0, 0.05) is 0 Å². The van der Waals surface area contributed by atoms with E-state index < -0.39 is 0 Å². The van der Waals surface area contributed by atoms with E-state index in [-0.39, 0.29) is 5.97 Å². The molecule has 1 aliphatic rings. The van der Waals surface area contributed by atoms with E-state index >= 15 is 0 Å². The van der Waals surface area contributed by atoms with E-state index in [1.165, 1.54) is 0 Å². The Kier molecular flexibility index (Phi) is 2.11. The van der Waals surface area contributed by atoms with Gasteiger partial charge in [-0.3, -0.25) is 4.40 Å².